The summed E-state index contributed by atoms with van der Waals surface area (Å²) >= 11 is 2.70. The van der Waals surface area contributed by atoms with E-state index < -0.39 is 0 Å². The molecule has 2 aromatic carbocycles. The van der Waals surface area contributed by atoms with Crippen molar-refractivity contribution < 1.29 is 9.59 Å². The van der Waals surface area contributed by atoms with Crippen LogP contribution in [0.5, 0.6) is 0 Å². The number of carbonyl (C=O) groups is 2. The monoisotopic (exact) mass is 541 g/mol. The molecule has 2 aliphatic heterocycles. The Bertz CT molecular complexity index is 1520. The molecule has 2 saturated heterocycles. The van der Waals surface area contributed by atoms with Crippen LogP contribution in [0, 0.1) is 5.92 Å². The van der Waals surface area contributed by atoms with Crippen molar-refractivity contribution in [2.45, 2.75) is 19.4 Å². The topological polar surface area (TPSA) is 87.2 Å². The van der Waals surface area contributed by atoms with Gasteiger partial charge in [0.05, 0.1) is 10.6 Å². The van der Waals surface area contributed by atoms with E-state index in [0.717, 1.165) is 50.8 Å². The minimum absolute atomic E-state index is 0.352. The number of thioether (sulfide) groups is 1. The van der Waals surface area contributed by atoms with E-state index in [1.807, 2.05) is 0 Å². The number of nitrogens with one attached hydrogen (secondary N) is 2. The molecule has 0 unspecified atom stereocenters. The molecular weight excluding hydrogens is 514 g/mol. The molecule has 0 atom stereocenters. The van der Waals surface area contributed by atoms with E-state index in [0.29, 0.717) is 22.5 Å². The molecule has 2 N–H and O–H groups in total. The fourth-order valence-corrected chi connectivity index (χ4v) is 6.65. The number of amides is 2. The van der Waals surface area contributed by atoms with Crippen molar-refractivity contribution in [1.29, 1.82) is 0 Å². The highest BCUT2D eigenvalue weighted by atomic mass is 32.2. The molecule has 0 bridgehead atoms. The fourth-order valence-electron chi connectivity index (χ4n) is 5.02. The van der Waals surface area contributed by atoms with Gasteiger partial charge in [0, 0.05) is 41.5 Å². The predicted molar refractivity (Wildman–Crippen MR) is 155 cm³/mol. The van der Waals surface area contributed by atoms with Crippen LogP contribution in [0.3, 0.4) is 0 Å². The zero-order valence-corrected chi connectivity index (χ0v) is 22.4. The maximum atomic E-state index is 11.8. The molecule has 0 radical (unpaired) electrons. The van der Waals surface area contributed by atoms with Gasteiger partial charge in [0.25, 0.3) is 11.1 Å². The Hall–Kier alpha value is -3.53. The van der Waals surface area contributed by atoms with Gasteiger partial charge in [0.2, 0.25) is 5.95 Å². The van der Waals surface area contributed by atoms with Gasteiger partial charge >= 0.3 is 0 Å². The number of carbonyl (C=O) groups excluding carboxylic acids is 2. The highest BCUT2D eigenvalue weighted by Gasteiger charge is 2.26. The molecule has 192 valence electrons. The average molecular weight is 542 g/mol. The maximum absolute atomic E-state index is 11.8. The van der Waals surface area contributed by atoms with Crippen LogP contribution in [0.2, 0.25) is 0 Å². The number of nitrogens with zero attached hydrogens (tertiary/aromatic N) is 3. The second-order valence-corrected chi connectivity index (χ2v) is 11.4. The first kappa shape index (κ1) is 24.8. The van der Waals surface area contributed by atoms with Crippen molar-refractivity contribution >= 4 is 56.4 Å². The third-order valence-electron chi connectivity index (χ3n) is 7.02. The van der Waals surface area contributed by atoms with Gasteiger partial charge in [-0.2, -0.15) is 0 Å². The number of fused-ring (bicyclic) bond motifs is 1. The molecule has 2 aromatic heterocycles. The SMILES string of the molecule is O=C1NC(=O)/C(=C\c2ccnc(N3CCC(CNCc4ccccc4-c4csc5ccccc45)CC3)n2)S1. The average Bonchev–Trinajstić information content (AvgIpc) is 3.51. The molecule has 9 heteroatoms. The maximum Gasteiger partial charge on any atom is 0.290 e. The van der Waals surface area contributed by atoms with E-state index in [9.17, 15) is 9.59 Å². The number of hydrogen-bond donors (Lipinski definition) is 2. The van der Waals surface area contributed by atoms with Crippen molar-refractivity contribution in [2.75, 3.05) is 24.5 Å². The molecule has 6 rings (SSSR count). The number of aromatic nitrogens is 2. The summed E-state index contributed by atoms with van der Waals surface area (Å²) in [5.74, 6) is 0.882. The van der Waals surface area contributed by atoms with Crippen molar-refractivity contribution in [2.24, 2.45) is 5.92 Å². The second kappa shape index (κ2) is 11.1. The zero-order valence-electron chi connectivity index (χ0n) is 20.7. The lowest BCUT2D eigenvalue weighted by atomic mass is 9.96. The number of imide groups is 1. The first-order valence-corrected chi connectivity index (χ1v) is 14.4. The standard InChI is InChI=1S/C29H27N5O2S2/c35-27-26(38-29(36)33-27)15-21-9-12-31-28(32-21)34-13-10-19(11-14-34)16-30-17-20-5-1-2-6-22(20)24-18-37-25-8-4-3-7-23(24)25/h1-9,12,15,18-19,30H,10-11,13-14,16-17H2,(H,33,35,36)/b26-15+. The van der Waals surface area contributed by atoms with Crippen LogP contribution in [0.4, 0.5) is 10.7 Å². The van der Waals surface area contributed by atoms with Crippen LogP contribution < -0.4 is 15.5 Å². The minimum atomic E-state index is -0.375. The van der Waals surface area contributed by atoms with E-state index in [1.165, 1.54) is 26.8 Å². The summed E-state index contributed by atoms with van der Waals surface area (Å²) in [4.78, 5) is 34.9. The van der Waals surface area contributed by atoms with Crippen molar-refractivity contribution in [3.8, 4) is 11.1 Å². The lowest BCUT2D eigenvalue weighted by Gasteiger charge is -2.32. The number of thiophene rings is 1. The number of anilines is 1. The normalized spacial score (nSPS) is 17.5. The highest BCUT2D eigenvalue weighted by molar-refractivity contribution is 8.18. The van der Waals surface area contributed by atoms with Gasteiger partial charge in [-0.15, -0.1) is 11.3 Å². The van der Waals surface area contributed by atoms with Gasteiger partial charge in [-0.25, -0.2) is 9.97 Å². The molecule has 38 heavy (non-hydrogen) atoms. The smallest absolute Gasteiger partial charge is 0.290 e. The van der Waals surface area contributed by atoms with E-state index >= 15 is 0 Å². The Morgan fingerprint density at radius 3 is 2.68 bits per heavy atom. The molecule has 2 aliphatic rings. The van der Waals surface area contributed by atoms with Gasteiger partial charge in [0.1, 0.15) is 0 Å². The number of piperidine rings is 1. The lowest BCUT2D eigenvalue weighted by Crippen LogP contribution is -2.38. The number of hydrogen-bond acceptors (Lipinski definition) is 8. The van der Waals surface area contributed by atoms with Crippen molar-refractivity contribution in [1.82, 2.24) is 20.6 Å². The largest absolute Gasteiger partial charge is 0.341 e. The number of benzene rings is 2. The second-order valence-electron chi connectivity index (χ2n) is 9.50. The van der Waals surface area contributed by atoms with E-state index in [2.05, 4.69) is 79.4 Å². The molecule has 7 nitrogen and oxygen atoms in total. The lowest BCUT2D eigenvalue weighted by molar-refractivity contribution is -0.115. The fraction of sp³-hybridized carbons (Fsp3) is 0.241. The minimum Gasteiger partial charge on any atom is -0.341 e. The van der Waals surface area contributed by atoms with Gasteiger partial charge in [-0.05, 0) is 71.8 Å². The Morgan fingerprint density at radius 1 is 1.03 bits per heavy atom. The van der Waals surface area contributed by atoms with Crippen LogP contribution in [0.25, 0.3) is 27.3 Å². The summed E-state index contributed by atoms with van der Waals surface area (Å²) in [7, 11) is 0. The molecule has 0 spiro atoms. The third-order valence-corrected chi connectivity index (χ3v) is 8.79. The van der Waals surface area contributed by atoms with Gasteiger partial charge < -0.3 is 10.2 Å². The summed E-state index contributed by atoms with van der Waals surface area (Å²) in [6.45, 7) is 3.59. The number of rotatable bonds is 7. The van der Waals surface area contributed by atoms with E-state index in [4.69, 9.17) is 0 Å². The predicted octanol–water partition coefficient (Wildman–Crippen LogP) is 5.69. The molecular formula is C29H27N5O2S2. The molecule has 4 heterocycles. The van der Waals surface area contributed by atoms with Gasteiger partial charge in [-0.3, -0.25) is 14.9 Å². The summed E-state index contributed by atoms with van der Waals surface area (Å²) in [6.07, 6.45) is 5.47. The van der Waals surface area contributed by atoms with Crippen LogP contribution in [-0.4, -0.2) is 40.7 Å². The third kappa shape index (κ3) is 5.36. The van der Waals surface area contributed by atoms with Crippen molar-refractivity contribution in [3.63, 3.8) is 0 Å². The van der Waals surface area contributed by atoms with Crippen LogP contribution in [-0.2, 0) is 11.3 Å². The summed E-state index contributed by atoms with van der Waals surface area (Å²) in [6, 6.07) is 19.0. The Labute approximate surface area is 229 Å². The Balaban J connectivity index is 1.04. The molecule has 0 saturated carbocycles. The molecule has 0 aliphatic carbocycles. The van der Waals surface area contributed by atoms with Gasteiger partial charge in [0.15, 0.2) is 0 Å². The summed E-state index contributed by atoms with van der Waals surface area (Å²) < 4.78 is 1.32. The molecule has 4 aromatic rings. The zero-order chi connectivity index (χ0) is 25.9. The summed E-state index contributed by atoms with van der Waals surface area (Å²) in [5, 5.41) is 9.22. The Morgan fingerprint density at radius 2 is 1.84 bits per heavy atom. The Kier molecular flexibility index (Phi) is 7.22. The van der Waals surface area contributed by atoms with Gasteiger partial charge in [-0.1, -0.05) is 42.5 Å². The first-order valence-electron chi connectivity index (χ1n) is 12.7. The van der Waals surface area contributed by atoms with Crippen molar-refractivity contribution in [3.05, 3.63) is 82.3 Å². The van der Waals surface area contributed by atoms with Crippen LogP contribution in [0.15, 0.2) is 71.1 Å². The quantitative estimate of drug-likeness (QED) is 0.291. The molecule has 2 amide bonds. The van der Waals surface area contributed by atoms with Crippen LogP contribution >= 0.6 is 23.1 Å². The van der Waals surface area contributed by atoms with Crippen LogP contribution in [0.1, 0.15) is 24.1 Å². The first-order chi connectivity index (χ1) is 18.6. The van der Waals surface area contributed by atoms with E-state index in [1.54, 1.807) is 29.7 Å². The van der Waals surface area contributed by atoms with E-state index in [-0.39, 0.29) is 11.1 Å². The molecule has 2 fully saturated rings. The highest BCUT2D eigenvalue weighted by Crippen LogP contribution is 2.35. The summed E-state index contributed by atoms with van der Waals surface area (Å²) in [5.41, 5.74) is 4.57.